The van der Waals surface area contributed by atoms with Gasteiger partial charge in [0.2, 0.25) is 0 Å². The number of benzene rings is 4. The number of nitrogens with two attached hydrogens (primary N) is 1. The number of esters is 2. The number of rotatable bonds is 11. The third kappa shape index (κ3) is 10.6. The zero-order chi connectivity index (χ0) is 38.9. The second-order valence-corrected chi connectivity index (χ2v) is 13.1. The van der Waals surface area contributed by atoms with Gasteiger partial charge in [0.25, 0.3) is 5.69 Å². The van der Waals surface area contributed by atoms with Gasteiger partial charge >= 0.3 is 11.9 Å². The summed E-state index contributed by atoms with van der Waals surface area (Å²) < 4.78 is 21.8. The number of aryl methyl sites for hydroxylation is 2. The lowest BCUT2D eigenvalue weighted by atomic mass is 10.0. The molecule has 0 aliphatic carbocycles. The zero-order valence-electron chi connectivity index (χ0n) is 29.7. The summed E-state index contributed by atoms with van der Waals surface area (Å²) in [5, 5.41) is 19.8. The summed E-state index contributed by atoms with van der Waals surface area (Å²) >= 11 is 12.3. The Hall–Kier alpha value is -5.98. The molecule has 2 unspecified atom stereocenters. The van der Waals surface area contributed by atoms with E-state index in [0.29, 0.717) is 55.3 Å². The summed E-state index contributed by atoms with van der Waals surface area (Å²) in [5.41, 5.74) is 11.7. The number of aromatic nitrogens is 2. The number of hydrogen-bond acceptors (Lipinski definition) is 11. The highest BCUT2D eigenvalue weighted by atomic mass is 35.5. The summed E-state index contributed by atoms with van der Waals surface area (Å²) in [7, 11) is 0. The average molecular weight is 790 g/mol. The summed E-state index contributed by atoms with van der Waals surface area (Å²) in [5.74, 6) is 0.0990. The van der Waals surface area contributed by atoms with Gasteiger partial charge in [0, 0.05) is 62.7 Å². The van der Waals surface area contributed by atoms with Gasteiger partial charge in [-0.25, -0.2) is 0 Å². The number of nitro benzene ring substituents is 1. The molecule has 0 aliphatic rings. The minimum absolute atomic E-state index is 0. The molecular weight excluding hydrogens is 747 g/mol. The monoisotopic (exact) mass is 788 g/mol. The predicted octanol–water partition coefficient (Wildman–Crippen LogP) is 10.7. The van der Waals surface area contributed by atoms with Crippen molar-refractivity contribution in [1.82, 2.24) is 10.3 Å². The molecule has 0 saturated heterocycles. The minimum atomic E-state index is -0.510. The van der Waals surface area contributed by atoms with Gasteiger partial charge in [-0.15, -0.1) is 0 Å². The second-order valence-electron chi connectivity index (χ2n) is 12.2. The van der Waals surface area contributed by atoms with Crippen LogP contribution in [0.25, 0.3) is 22.6 Å². The molecule has 0 fully saturated rings. The summed E-state index contributed by atoms with van der Waals surface area (Å²) in [6.45, 7) is 7.06. The lowest BCUT2D eigenvalue weighted by Crippen LogP contribution is -2.12. The maximum atomic E-state index is 12.5. The Labute approximate surface area is 329 Å². The molecular formula is C41H42Cl2N4O8. The van der Waals surface area contributed by atoms with Crippen molar-refractivity contribution < 1.29 is 34.5 Å². The number of carbonyl (C=O) groups excluding carboxylic acids is 2. The van der Waals surface area contributed by atoms with Crippen molar-refractivity contribution in [2.24, 2.45) is 0 Å². The van der Waals surface area contributed by atoms with Crippen LogP contribution in [-0.2, 0) is 31.9 Å². The Balaban J connectivity index is 0.000000291. The van der Waals surface area contributed by atoms with Crippen LogP contribution in [0.3, 0.4) is 0 Å². The molecule has 2 heterocycles. The van der Waals surface area contributed by atoms with Gasteiger partial charge in [-0.05, 0) is 76.2 Å². The number of anilines is 1. The fraction of sp³-hybridized carbons (Fsp3) is 0.220. The van der Waals surface area contributed by atoms with Crippen LogP contribution in [0.5, 0.6) is 0 Å². The maximum absolute atomic E-state index is 12.5. The zero-order valence-corrected chi connectivity index (χ0v) is 31.3. The van der Waals surface area contributed by atoms with Crippen LogP contribution in [0.4, 0.5) is 11.4 Å². The maximum Gasteiger partial charge on any atom is 0.311 e. The molecule has 0 amide bonds. The molecule has 2 aromatic heterocycles. The van der Waals surface area contributed by atoms with E-state index >= 15 is 0 Å². The van der Waals surface area contributed by atoms with E-state index in [2.05, 4.69) is 10.3 Å². The Morgan fingerprint density at radius 3 is 1.49 bits per heavy atom. The van der Waals surface area contributed by atoms with Crippen molar-refractivity contribution in [3.63, 3.8) is 0 Å². The number of ether oxygens (including phenoxy) is 2. The summed E-state index contributed by atoms with van der Waals surface area (Å²) in [4.78, 5) is 35.2. The lowest BCUT2D eigenvalue weighted by molar-refractivity contribution is -0.384. The molecule has 14 heteroatoms. The van der Waals surface area contributed by atoms with Gasteiger partial charge < -0.3 is 24.3 Å². The minimum Gasteiger partial charge on any atom is -0.457 e. The van der Waals surface area contributed by atoms with Gasteiger partial charge in [0.15, 0.2) is 11.5 Å². The molecule has 6 rings (SSSR count). The molecule has 0 radical (unpaired) electrons. The fourth-order valence-corrected chi connectivity index (χ4v) is 6.10. The highest BCUT2D eigenvalue weighted by Crippen LogP contribution is 2.32. The molecule has 288 valence electrons. The van der Waals surface area contributed by atoms with Crippen molar-refractivity contribution >= 4 is 46.5 Å². The first kappa shape index (κ1) is 41.8. The quantitative estimate of drug-likeness (QED) is 0.0572. The van der Waals surface area contributed by atoms with Crippen LogP contribution in [0, 0.1) is 24.0 Å². The van der Waals surface area contributed by atoms with E-state index in [9.17, 15) is 19.7 Å². The average Bonchev–Trinajstić information content (AvgIpc) is 3.69. The van der Waals surface area contributed by atoms with Crippen molar-refractivity contribution in [1.29, 1.82) is 0 Å². The van der Waals surface area contributed by atoms with Gasteiger partial charge in [0.1, 0.15) is 12.2 Å². The van der Waals surface area contributed by atoms with Crippen LogP contribution < -0.4 is 5.73 Å². The molecule has 0 bridgehead atoms. The van der Waals surface area contributed by atoms with Crippen molar-refractivity contribution in [2.75, 3.05) is 5.73 Å². The van der Waals surface area contributed by atoms with Crippen LogP contribution in [-0.4, -0.2) is 27.2 Å². The van der Waals surface area contributed by atoms with Crippen molar-refractivity contribution in [3.8, 4) is 22.6 Å². The number of hydrogen-bond donors (Lipinski definition) is 1. The van der Waals surface area contributed by atoms with Gasteiger partial charge in [0.05, 0.1) is 29.2 Å². The molecule has 0 saturated carbocycles. The Morgan fingerprint density at radius 1 is 0.727 bits per heavy atom. The summed E-state index contributed by atoms with van der Waals surface area (Å²) in [6.07, 6.45) is -0.944. The van der Waals surface area contributed by atoms with Gasteiger partial charge in [-0.1, -0.05) is 77.3 Å². The third-order valence-corrected chi connectivity index (χ3v) is 9.12. The fourth-order valence-electron chi connectivity index (χ4n) is 5.52. The smallest absolute Gasteiger partial charge is 0.311 e. The molecule has 6 aromatic rings. The van der Waals surface area contributed by atoms with E-state index in [0.717, 1.165) is 16.7 Å². The van der Waals surface area contributed by atoms with E-state index < -0.39 is 23.1 Å². The highest BCUT2D eigenvalue weighted by Gasteiger charge is 2.23. The SMILES string of the molecule is C.Cc1noc(-c2ccc(N)cc2)c1CC(=O)OC(C)c1ccccc1Cl.Cc1noc(-c2ccc([N+](=O)[O-])cc2)c1CC(=O)OC(C)c1ccccc1Cl.[HH]. The Kier molecular flexibility index (Phi) is 14.3. The number of carbonyl (C=O) groups is 2. The number of nitrogens with zero attached hydrogens (tertiary/aromatic N) is 3. The molecule has 0 aliphatic heterocycles. The molecule has 0 spiro atoms. The van der Waals surface area contributed by atoms with Crippen molar-refractivity contribution in [2.45, 2.75) is 60.2 Å². The van der Waals surface area contributed by atoms with E-state index in [4.69, 9.17) is 47.5 Å². The van der Waals surface area contributed by atoms with E-state index in [1.165, 1.54) is 12.1 Å². The topological polar surface area (TPSA) is 174 Å². The number of non-ortho nitro benzene ring substituents is 1. The molecule has 12 nitrogen and oxygen atoms in total. The molecule has 2 N–H and O–H groups in total. The third-order valence-electron chi connectivity index (χ3n) is 8.43. The van der Waals surface area contributed by atoms with Gasteiger partial charge in [-0.3, -0.25) is 19.7 Å². The Morgan fingerprint density at radius 2 is 1.11 bits per heavy atom. The first-order valence-electron chi connectivity index (χ1n) is 16.7. The first-order valence-corrected chi connectivity index (χ1v) is 17.5. The summed E-state index contributed by atoms with van der Waals surface area (Å²) in [6, 6.07) is 27.5. The van der Waals surface area contributed by atoms with Crippen LogP contribution in [0.15, 0.2) is 106 Å². The highest BCUT2D eigenvalue weighted by molar-refractivity contribution is 6.31. The van der Waals surface area contributed by atoms with Gasteiger partial charge in [-0.2, -0.15) is 0 Å². The number of halogens is 2. The number of nitrogen functional groups attached to an aromatic ring is 1. The second kappa shape index (κ2) is 18.9. The largest absolute Gasteiger partial charge is 0.457 e. The number of nitro groups is 1. The standard InChI is InChI=1S/C20H17ClN2O5.C20H19ClN2O3.CH4.H2/c1-12-17(11-19(24)27-13(2)16-5-3-4-6-18(16)21)20(28-22-12)14-7-9-15(10-8-14)23(25)26;1-12-17(20(26-23-12)14-7-9-15(22)10-8-14)11-19(24)25-13(2)16-5-3-4-6-18(16)21;;/h3-10,13H,11H2,1-2H3;3-10,13H,11,22H2,1-2H3;1H4;1H. The van der Waals surface area contributed by atoms with E-state index in [-0.39, 0.29) is 33.4 Å². The van der Waals surface area contributed by atoms with Crippen LogP contribution in [0.2, 0.25) is 10.0 Å². The van der Waals surface area contributed by atoms with E-state index in [1.54, 1.807) is 76.2 Å². The molecule has 55 heavy (non-hydrogen) atoms. The molecule has 4 aromatic carbocycles. The normalized spacial score (nSPS) is 11.7. The van der Waals surface area contributed by atoms with Crippen LogP contribution in [0.1, 0.15) is 68.6 Å². The predicted molar refractivity (Wildman–Crippen MR) is 213 cm³/mol. The molecule has 2 atom stereocenters. The van der Waals surface area contributed by atoms with Crippen LogP contribution >= 0.6 is 23.2 Å². The Bertz CT molecular complexity index is 2260. The van der Waals surface area contributed by atoms with Crippen molar-refractivity contribution in [3.05, 3.63) is 151 Å². The lowest BCUT2D eigenvalue weighted by Gasteiger charge is -2.15. The first-order chi connectivity index (χ1) is 25.8. The van der Waals surface area contributed by atoms with E-state index in [1.807, 2.05) is 36.4 Å².